The number of carbonyl (C=O) groups is 5. The second-order valence-electron chi connectivity index (χ2n) is 12.3. The molecule has 1 heterocycles. The fraction of sp³-hybridized carbons (Fsp3) is 0.881. The molecule has 0 bridgehead atoms. The van der Waals surface area contributed by atoms with E-state index in [9.17, 15) is 19.2 Å². The van der Waals surface area contributed by atoms with E-state index < -0.39 is 11.9 Å². The highest BCUT2D eigenvalue weighted by molar-refractivity contribution is 6.73. The molecular weight excluding hydrogens is 657 g/mol. The van der Waals surface area contributed by atoms with Crippen LogP contribution in [0.3, 0.4) is 0 Å². The van der Waals surface area contributed by atoms with Crippen LogP contribution >= 0.6 is 0 Å². The molecule has 2 unspecified atom stereocenters. The summed E-state index contributed by atoms with van der Waals surface area (Å²) >= 11 is 0. The predicted molar refractivity (Wildman–Crippen MR) is 220 cm³/mol. The van der Waals surface area contributed by atoms with Gasteiger partial charge in [-0.3, -0.25) is 19.2 Å². The second kappa shape index (κ2) is 48.6. The monoisotopic (exact) mass is 743 g/mol. The molecule has 52 heavy (non-hydrogen) atoms. The van der Waals surface area contributed by atoms with Gasteiger partial charge in [-0.2, -0.15) is 0 Å². The fourth-order valence-corrected chi connectivity index (χ4v) is 5.08. The quantitative estimate of drug-likeness (QED) is 0.0393. The van der Waals surface area contributed by atoms with Crippen LogP contribution in [0, 0.1) is 5.92 Å². The molecule has 1 aliphatic heterocycles. The van der Waals surface area contributed by atoms with E-state index in [2.05, 4.69) is 27.7 Å². The van der Waals surface area contributed by atoms with Gasteiger partial charge >= 0.3 is 17.9 Å². The Kier molecular flexibility index (Phi) is 55.1. The minimum atomic E-state index is -0.472. The Morgan fingerprint density at radius 2 is 1.04 bits per heavy atom. The van der Waals surface area contributed by atoms with Crippen molar-refractivity contribution in [2.45, 2.75) is 217 Å². The smallest absolute Gasteiger partial charge is 0.306 e. The molecule has 2 atom stereocenters. The van der Waals surface area contributed by atoms with Crippen molar-refractivity contribution in [3.63, 3.8) is 0 Å². The Labute approximate surface area is 323 Å². The SMILES string of the molecule is C=O.CC.CC.CC.CCC.CCC[B]C(=O)N1C(C)CC1COC(=O)CC(COC(=O)CCCCCCCC)COC(=O)CCCCCCCC. The predicted octanol–water partition coefficient (Wildman–Crippen LogP) is 11.5. The molecule has 0 aromatic heterocycles. The molecule has 309 valence electrons. The summed E-state index contributed by atoms with van der Waals surface area (Å²) in [6, 6.07) is 0.00230. The largest absolute Gasteiger partial charge is 0.465 e. The number of nitrogens with zero attached hydrogens (tertiary/aromatic N) is 1. The van der Waals surface area contributed by atoms with E-state index in [1.54, 1.807) is 12.2 Å². The Balaban J connectivity index is -0.000000603. The van der Waals surface area contributed by atoms with Crippen molar-refractivity contribution in [1.29, 1.82) is 0 Å². The average molecular weight is 743 g/mol. The zero-order chi connectivity index (χ0) is 41.0. The van der Waals surface area contributed by atoms with Crippen LogP contribution in [0.5, 0.6) is 0 Å². The van der Waals surface area contributed by atoms with Crippen molar-refractivity contribution in [3.05, 3.63) is 0 Å². The highest BCUT2D eigenvalue weighted by Crippen LogP contribution is 2.26. The van der Waals surface area contributed by atoms with Crippen LogP contribution in [0.4, 0.5) is 4.79 Å². The van der Waals surface area contributed by atoms with Gasteiger partial charge < -0.3 is 23.9 Å². The first kappa shape index (κ1) is 58.9. The molecule has 0 N–H and O–H groups in total. The number of amides is 1. The average Bonchev–Trinajstić information content (AvgIpc) is 3.16. The number of likely N-dealkylation sites (tertiary alicyclic amines) is 1. The highest BCUT2D eigenvalue weighted by atomic mass is 16.6. The first-order valence-electron chi connectivity index (χ1n) is 21.1. The normalized spacial score (nSPS) is 13.6. The van der Waals surface area contributed by atoms with Gasteiger partial charge in [0.2, 0.25) is 7.28 Å². The van der Waals surface area contributed by atoms with Gasteiger partial charge in [-0.1, -0.05) is 160 Å². The van der Waals surface area contributed by atoms with E-state index in [-0.39, 0.29) is 56.1 Å². The summed E-state index contributed by atoms with van der Waals surface area (Å²) < 4.78 is 16.4. The van der Waals surface area contributed by atoms with Gasteiger partial charge in [0.25, 0.3) is 0 Å². The molecule has 1 fully saturated rings. The minimum Gasteiger partial charge on any atom is -0.465 e. The number of unbranched alkanes of at least 4 members (excludes halogenated alkanes) is 10. The van der Waals surface area contributed by atoms with Crippen LogP contribution in [0.25, 0.3) is 0 Å². The number of carbonyl (C=O) groups excluding carboxylic acids is 5. The lowest BCUT2D eigenvalue weighted by Crippen LogP contribution is -2.60. The van der Waals surface area contributed by atoms with Gasteiger partial charge in [0.15, 0.2) is 5.81 Å². The number of ether oxygens (including phenoxy) is 3. The third kappa shape index (κ3) is 37.4. The summed E-state index contributed by atoms with van der Waals surface area (Å²) in [6.45, 7) is 26.8. The molecule has 1 aliphatic rings. The third-order valence-corrected chi connectivity index (χ3v) is 7.66. The molecule has 0 aliphatic carbocycles. The molecule has 0 spiro atoms. The van der Waals surface area contributed by atoms with Gasteiger partial charge in [0.1, 0.15) is 13.4 Å². The summed E-state index contributed by atoms with van der Waals surface area (Å²) in [6.07, 6.45) is 17.3. The molecule has 0 saturated carbocycles. The molecule has 0 aromatic rings. The number of rotatable bonds is 25. The third-order valence-electron chi connectivity index (χ3n) is 7.66. The molecule has 1 rings (SSSR count). The van der Waals surface area contributed by atoms with Crippen LogP contribution in [-0.2, 0) is 33.4 Å². The van der Waals surface area contributed by atoms with Crippen molar-refractivity contribution in [2.75, 3.05) is 19.8 Å². The van der Waals surface area contributed by atoms with Crippen LogP contribution in [0.1, 0.15) is 199 Å². The van der Waals surface area contributed by atoms with Crippen molar-refractivity contribution in [2.24, 2.45) is 5.92 Å². The van der Waals surface area contributed by atoms with Crippen LogP contribution in [-0.4, -0.2) is 74.6 Å². The van der Waals surface area contributed by atoms with Crippen LogP contribution in [0.2, 0.25) is 6.32 Å². The molecule has 1 saturated heterocycles. The molecule has 0 aromatic carbocycles. The van der Waals surface area contributed by atoms with Crippen LogP contribution < -0.4 is 0 Å². The number of esters is 3. The molecular formula is C42H85BNO8. The topological polar surface area (TPSA) is 116 Å². The molecule has 10 heteroatoms. The lowest BCUT2D eigenvalue weighted by atomic mass is 9.70. The maximum atomic E-state index is 12.7. The summed E-state index contributed by atoms with van der Waals surface area (Å²) in [5.74, 6) is -1.52. The minimum absolute atomic E-state index is 0.00508. The van der Waals surface area contributed by atoms with Crippen molar-refractivity contribution in [3.8, 4) is 0 Å². The lowest BCUT2D eigenvalue weighted by molar-refractivity contribution is -0.156. The second-order valence-corrected chi connectivity index (χ2v) is 12.3. The first-order chi connectivity index (χ1) is 25.2. The van der Waals surface area contributed by atoms with Crippen LogP contribution in [0.15, 0.2) is 0 Å². The maximum absolute atomic E-state index is 12.7. The first-order valence-corrected chi connectivity index (χ1v) is 21.1. The highest BCUT2D eigenvalue weighted by Gasteiger charge is 2.39. The molecule has 9 nitrogen and oxygen atoms in total. The van der Waals surface area contributed by atoms with Crippen molar-refractivity contribution < 1.29 is 38.2 Å². The van der Waals surface area contributed by atoms with Gasteiger partial charge in [-0.05, 0) is 26.2 Å². The Hall–Kier alpha value is -2.39. The number of hydrogen-bond donors (Lipinski definition) is 0. The van der Waals surface area contributed by atoms with Gasteiger partial charge in [-0.15, -0.1) is 0 Å². The van der Waals surface area contributed by atoms with Gasteiger partial charge in [-0.25, -0.2) is 0 Å². The zero-order valence-electron chi connectivity index (χ0n) is 36.3. The standard InChI is InChI=1S/C32H57BNO7.C3H8.3C2H6.CH2O/c1-5-8-10-12-14-16-18-29(35)39-23-27(24-40-30(36)19-17-15-13-11-9-6-2)22-31(37)41-25-28-21-26(4)34(28)32(38)33-20-7-3;1-3-2;4*1-2/h26-28H,5-25H2,1-4H3;3H2,1-2H3;3*1-2H3;1H2. The Morgan fingerprint density at radius 3 is 1.42 bits per heavy atom. The van der Waals surface area contributed by atoms with E-state index in [1.165, 1.54) is 44.9 Å². The summed E-state index contributed by atoms with van der Waals surface area (Å²) in [7, 11) is 1.69. The van der Waals surface area contributed by atoms with E-state index in [4.69, 9.17) is 19.0 Å². The summed E-state index contributed by atoms with van der Waals surface area (Å²) in [4.78, 5) is 59.5. The van der Waals surface area contributed by atoms with E-state index in [1.807, 2.05) is 62.2 Å². The van der Waals surface area contributed by atoms with Crippen molar-refractivity contribution >= 4 is 37.8 Å². The van der Waals surface area contributed by atoms with Crippen molar-refractivity contribution in [1.82, 2.24) is 4.90 Å². The van der Waals surface area contributed by atoms with Gasteiger partial charge in [0, 0.05) is 24.8 Å². The fourth-order valence-electron chi connectivity index (χ4n) is 5.08. The molecule has 1 amide bonds. The lowest BCUT2D eigenvalue weighted by Gasteiger charge is -2.47. The van der Waals surface area contributed by atoms with E-state index in [0.717, 1.165) is 57.7 Å². The van der Waals surface area contributed by atoms with E-state index >= 15 is 0 Å². The zero-order valence-corrected chi connectivity index (χ0v) is 36.3. The number of hydrogen-bond acceptors (Lipinski definition) is 8. The molecule has 1 radical (unpaired) electrons. The maximum Gasteiger partial charge on any atom is 0.306 e. The van der Waals surface area contributed by atoms with Gasteiger partial charge in [0.05, 0.1) is 25.7 Å². The Bertz CT molecular complexity index is 751. The van der Waals surface area contributed by atoms with E-state index in [0.29, 0.717) is 12.8 Å². The summed E-state index contributed by atoms with van der Waals surface area (Å²) in [5, 5.41) is 0. The summed E-state index contributed by atoms with van der Waals surface area (Å²) in [5.41, 5.74) is 0. The Morgan fingerprint density at radius 1 is 0.635 bits per heavy atom.